The normalized spacial score (nSPS) is 16.6. The second kappa shape index (κ2) is 10.3. The zero-order valence-electron chi connectivity index (χ0n) is 19.6. The molecule has 0 bridgehead atoms. The molecule has 3 nitrogen and oxygen atoms in total. The Morgan fingerprint density at radius 3 is 2.52 bits per heavy atom. The molecule has 0 saturated carbocycles. The first-order chi connectivity index (χ1) is 16.3. The van der Waals surface area contributed by atoms with Gasteiger partial charge in [-0.05, 0) is 67.6 Å². The van der Waals surface area contributed by atoms with E-state index in [-0.39, 0.29) is 0 Å². The van der Waals surface area contributed by atoms with Gasteiger partial charge in [0.05, 0.1) is 12.3 Å². The van der Waals surface area contributed by atoms with Crippen LogP contribution < -0.4 is 10.1 Å². The fraction of sp³-hybridized carbons (Fsp3) is 0.333. The van der Waals surface area contributed by atoms with Gasteiger partial charge in [0.15, 0.2) is 0 Å². The lowest BCUT2D eigenvalue weighted by Gasteiger charge is -2.16. The largest absolute Gasteiger partial charge is 0.494 e. The van der Waals surface area contributed by atoms with Crippen molar-refractivity contribution in [3.8, 4) is 17.0 Å². The number of hydrogen-bond acceptors (Lipinski definition) is 2. The molecule has 1 unspecified atom stereocenters. The van der Waals surface area contributed by atoms with E-state index < -0.39 is 0 Å². The number of rotatable bonds is 7. The Kier molecular flexibility index (Phi) is 6.78. The highest BCUT2D eigenvalue weighted by atomic mass is 16.5. The van der Waals surface area contributed by atoms with Crippen molar-refractivity contribution < 1.29 is 4.74 Å². The molecule has 1 aliphatic heterocycles. The van der Waals surface area contributed by atoms with Gasteiger partial charge >= 0.3 is 0 Å². The topological polar surface area (TPSA) is 26.2 Å². The summed E-state index contributed by atoms with van der Waals surface area (Å²) in [5.41, 5.74) is 6.46. The van der Waals surface area contributed by atoms with Gasteiger partial charge in [-0.3, -0.25) is 0 Å². The summed E-state index contributed by atoms with van der Waals surface area (Å²) in [5.74, 6) is 0.962. The molecule has 1 N–H and O–H groups in total. The molecule has 1 aliphatic rings. The van der Waals surface area contributed by atoms with Gasteiger partial charge in [-0.25, -0.2) is 0 Å². The minimum atomic E-state index is 0.605. The van der Waals surface area contributed by atoms with Crippen LogP contribution in [0.25, 0.3) is 22.2 Å². The van der Waals surface area contributed by atoms with Crippen molar-refractivity contribution in [2.24, 2.45) is 0 Å². The zero-order valence-corrected chi connectivity index (χ0v) is 19.6. The van der Waals surface area contributed by atoms with Crippen molar-refractivity contribution in [1.29, 1.82) is 0 Å². The van der Waals surface area contributed by atoms with E-state index in [1.54, 1.807) is 0 Å². The number of nitrogens with one attached hydrogen (secondary N) is 1. The second-order valence-electron chi connectivity index (χ2n) is 9.22. The van der Waals surface area contributed by atoms with E-state index in [1.165, 1.54) is 59.0 Å². The number of aryl methyl sites for hydroxylation is 1. The first-order valence-corrected chi connectivity index (χ1v) is 12.4. The number of para-hydroxylation sites is 1. The predicted molar refractivity (Wildman–Crippen MR) is 138 cm³/mol. The molecule has 3 aromatic carbocycles. The van der Waals surface area contributed by atoms with Gasteiger partial charge in [-0.2, -0.15) is 0 Å². The quantitative estimate of drug-likeness (QED) is 0.337. The van der Waals surface area contributed by atoms with Crippen LogP contribution in [0, 0.1) is 6.92 Å². The van der Waals surface area contributed by atoms with Crippen molar-refractivity contribution in [3.05, 3.63) is 90.0 Å². The van der Waals surface area contributed by atoms with E-state index in [9.17, 15) is 0 Å². The summed E-state index contributed by atoms with van der Waals surface area (Å²) in [5, 5.41) is 4.98. The van der Waals surface area contributed by atoms with E-state index >= 15 is 0 Å². The first-order valence-electron chi connectivity index (χ1n) is 12.4. The summed E-state index contributed by atoms with van der Waals surface area (Å²) >= 11 is 0. The summed E-state index contributed by atoms with van der Waals surface area (Å²) in [6, 6.07) is 28.7. The Bertz CT molecular complexity index is 1170. The average molecular weight is 439 g/mol. The molecule has 4 aromatic rings. The Morgan fingerprint density at radius 2 is 1.67 bits per heavy atom. The van der Waals surface area contributed by atoms with Crippen molar-refractivity contribution >= 4 is 10.9 Å². The minimum Gasteiger partial charge on any atom is -0.494 e. The number of benzene rings is 3. The molecular formula is C30H34N2O. The molecule has 1 aromatic heterocycles. The van der Waals surface area contributed by atoms with Gasteiger partial charge in [0.25, 0.3) is 0 Å². The van der Waals surface area contributed by atoms with Gasteiger partial charge in [0.1, 0.15) is 5.75 Å². The monoisotopic (exact) mass is 438 g/mol. The third-order valence-electron chi connectivity index (χ3n) is 6.93. The van der Waals surface area contributed by atoms with E-state index in [0.717, 1.165) is 31.9 Å². The fourth-order valence-electron chi connectivity index (χ4n) is 5.15. The fourth-order valence-corrected chi connectivity index (χ4v) is 5.15. The number of ether oxygens (including phenoxy) is 1. The van der Waals surface area contributed by atoms with Crippen LogP contribution in [0.15, 0.2) is 78.9 Å². The molecule has 0 radical (unpaired) electrons. The first kappa shape index (κ1) is 21.8. The SMILES string of the molecule is Cc1c(-c2ccccc2)n(Cc2ccc(OCCC3CCCCCN3)cc2)c2ccccc12. The molecule has 2 heterocycles. The van der Waals surface area contributed by atoms with E-state index in [0.29, 0.717) is 6.04 Å². The van der Waals surface area contributed by atoms with Gasteiger partial charge in [-0.15, -0.1) is 0 Å². The number of fused-ring (bicyclic) bond motifs is 1. The van der Waals surface area contributed by atoms with Gasteiger partial charge in [0, 0.05) is 23.5 Å². The molecular weight excluding hydrogens is 404 g/mol. The van der Waals surface area contributed by atoms with E-state index in [4.69, 9.17) is 4.74 Å². The lowest BCUT2D eigenvalue weighted by atomic mass is 10.1. The Labute approximate surface area is 197 Å². The van der Waals surface area contributed by atoms with Crippen LogP contribution in [0.3, 0.4) is 0 Å². The van der Waals surface area contributed by atoms with Gasteiger partial charge in [-0.1, -0.05) is 73.5 Å². The van der Waals surface area contributed by atoms with E-state index in [2.05, 4.69) is 95.7 Å². The Balaban J connectivity index is 1.32. The molecule has 3 heteroatoms. The van der Waals surface area contributed by atoms with Crippen LogP contribution in [0.5, 0.6) is 5.75 Å². The lowest BCUT2D eigenvalue weighted by molar-refractivity contribution is 0.283. The molecule has 1 atom stereocenters. The summed E-state index contributed by atoms with van der Waals surface area (Å²) in [4.78, 5) is 0. The Morgan fingerprint density at radius 1 is 0.879 bits per heavy atom. The highest BCUT2D eigenvalue weighted by Crippen LogP contribution is 2.34. The van der Waals surface area contributed by atoms with Crippen molar-refractivity contribution in [2.45, 2.75) is 51.6 Å². The van der Waals surface area contributed by atoms with Gasteiger partial charge in [0.2, 0.25) is 0 Å². The summed E-state index contributed by atoms with van der Waals surface area (Å²) < 4.78 is 8.53. The van der Waals surface area contributed by atoms with Crippen molar-refractivity contribution in [1.82, 2.24) is 9.88 Å². The maximum Gasteiger partial charge on any atom is 0.119 e. The third-order valence-corrected chi connectivity index (χ3v) is 6.93. The van der Waals surface area contributed by atoms with Crippen molar-refractivity contribution in [2.75, 3.05) is 13.2 Å². The molecule has 1 saturated heterocycles. The van der Waals surface area contributed by atoms with Crippen LogP contribution in [-0.4, -0.2) is 23.8 Å². The predicted octanol–water partition coefficient (Wildman–Crippen LogP) is 6.97. The molecule has 33 heavy (non-hydrogen) atoms. The summed E-state index contributed by atoms with van der Waals surface area (Å²) in [7, 11) is 0. The van der Waals surface area contributed by atoms with Crippen LogP contribution in [0.2, 0.25) is 0 Å². The van der Waals surface area contributed by atoms with Gasteiger partial charge < -0.3 is 14.6 Å². The number of hydrogen-bond donors (Lipinski definition) is 1. The maximum atomic E-state index is 6.08. The molecule has 0 spiro atoms. The highest BCUT2D eigenvalue weighted by Gasteiger charge is 2.16. The Hall–Kier alpha value is -3.04. The number of aromatic nitrogens is 1. The van der Waals surface area contributed by atoms with Crippen LogP contribution in [0.4, 0.5) is 0 Å². The van der Waals surface area contributed by atoms with E-state index in [1.807, 2.05) is 0 Å². The summed E-state index contributed by atoms with van der Waals surface area (Å²) in [6.45, 7) is 5.00. The number of nitrogens with zero attached hydrogens (tertiary/aromatic N) is 1. The second-order valence-corrected chi connectivity index (χ2v) is 9.22. The molecule has 5 rings (SSSR count). The highest BCUT2D eigenvalue weighted by molar-refractivity contribution is 5.91. The molecule has 1 fully saturated rings. The molecule has 170 valence electrons. The van der Waals surface area contributed by atoms with Crippen LogP contribution in [-0.2, 0) is 6.54 Å². The van der Waals surface area contributed by atoms with Crippen LogP contribution >= 0.6 is 0 Å². The third kappa shape index (κ3) is 4.99. The smallest absolute Gasteiger partial charge is 0.119 e. The minimum absolute atomic E-state index is 0.605. The standard InChI is InChI=1S/C30H34N2O/c1-23-28-13-7-8-14-29(28)32(30(23)25-10-4-2-5-11-25)22-24-15-17-27(18-16-24)33-21-19-26-12-6-3-9-20-31-26/h2,4-5,7-8,10-11,13-18,26,31H,3,6,9,12,19-22H2,1H3. The molecule has 0 aliphatic carbocycles. The zero-order chi connectivity index (χ0) is 22.5. The lowest BCUT2D eigenvalue weighted by Crippen LogP contribution is -2.29. The average Bonchev–Trinajstić information content (AvgIpc) is 3.00. The summed E-state index contributed by atoms with van der Waals surface area (Å²) in [6.07, 6.45) is 6.35. The molecule has 0 amide bonds. The van der Waals surface area contributed by atoms with Crippen molar-refractivity contribution in [3.63, 3.8) is 0 Å². The maximum absolute atomic E-state index is 6.08. The van der Waals surface area contributed by atoms with Crippen LogP contribution in [0.1, 0.15) is 43.2 Å².